The summed E-state index contributed by atoms with van der Waals surface area (Å²) in [5.74, 6) is -0.277. The van der Waals surface area contributed by atoms with Crippen molar-refractivity contribution in [1.29, 1.82) is 0 Å². The van der Waals surface area contributed by atoms with Gasteiger partial charge in [0.2, 0.25) is 0 Å². The Kier molecular flexibility index (Phi) is 5.26. The zero-order valence-electron chi connectivity index (χ0n) is 15.5. The van der Waals surface area contributed by atoms with Gasteiger partial charge in [-0.25, -0.2) is 9.07 Å². The zero-order valence-corrected chi connectivity index (χ0v) is 15.5. The third-order valence-corrected chi connectivity index (χ3v) is 4.67. The van der Waals surface area contributed by atoms with Gasteiger partial charge in [-0.2, -0.15) is 0 Å². The van der Waals surface area contributed by atoms with Crippen LogP contribution in [0.5, 0.6) is 0 Å². The predicted octanol–water partition coefficient (Wildman–Crippen LogP) is 5.10. The van der Waals surface area contributed by atoms with E-state index in [4.69, 9.17) is 4.74 Å². The van der Waals surface area contributed by atoms with E-state index in [9.17, 15) is 4.39 Å². The van der Waals surface area contributed by atoms with Crippen LogP contribution in [0.1, 0.15) is 16.8 Å². The predicted molar refractivity (Wildman–Crippen MR) is 106 cm³/mol. The van der Waals surface area contributed by atoms with Crippen molar-refractivity contribution in [3.05, 3.63) is 102 Å². The number of hydrogen-bond donors (Lipinski definition) is 0. The highest BCUT2D eigenvalue weighted by Crippen LogP contribution is 2.26. The van der Waals surface area contributed by atoms with Crippen molar-refractivity contribution in [3.8, 4) is 16.8 Å². The molecule has 5 heteroatoms. The average Bonchev–Trinajstić information content (AvgIpc) is 3.19. The minimum absolute atomic E-state index is 0.277. The first-order chi connectivity index (χ1) is 13.7. The van der Waals surface area contributed by atoms with E-state index < -0.39 is 0 Å². The molecule has 0 saturated carbocycles. The fourth-order valence-corrected chi connectivity index (χ4v) is 3.12. The monoisotopic (exact) mass is 373 g/mol. The summed E-state index contributed by atoms with van der Waals surface area (Å²) in [7, 11) is 0. The van der Waals surface area contributed by atoms with E-state index in [1.54, 1.807) is 23.0 Å². The molecule has 0 spiro atoms. The Labute approximate surface area is 163 Å². The van der Waals surface area contributed by atoms with Crippen molar-refractivity contribution in [3.63, 3.8) is 0 Å². The molecule has 0 saturated heterocycles. The largest absolute Gasteiger partial charge is 0.370 e. The molecule has 0 radical (unpaired) electrons. The Bertz CT molecular complexity index is 1060. The second-order valence-corrected chi connectivity index (χ2v) is 6.58. The quantitative estimate of drug-likeness (QED) is 0.472. The van der Waals surface area contributed by atoms with Crippen LogP contribution in [-0.4, -0.2) is 15.0 Å². The zero-order chi connectivity index (χ0) is 19.3. The number of halogens is 1. The van der Waals surface area contributed by atoms with Gasteiger partial charge in [-0.3, -0.25) is 0 Å². The number of aromatic nitrogens is 3. The maximum absolute atomic E-state index is 13.0. The minimum Gasteiger partial charge on any atom is -0.370 e. The summed E-state index contributed by atoms with van der Waals surface area (Å²) in [5, 5.41) is 8.21. The van der Waals surface area contributed by atoms with Crippen LogP contribution in [-0.2, 0) is 18.0 Å². The molecule has 0 N–H and O–H groups in total. The average molecular weight is 373 g/mol. The lowest BCUT2D eigenvalue weighted by Gasteiger charge is -2.11. The van der Waals surface area contributed by atoms with Crippen LogP contribution < -0.4 is 0 Å². The van der Waals surface area contributed by atoms with Gasteiger partial charge in [0.25, 0.3) is 0 Å². The van der Waals surface area contributed by atoms with Crippen molar-refractivity contribution >= 4 is 0 Å². The number of benzene rings is 3. The lowest BCUT2D eigenvalue weighted by Crippen LogP contribution is -1.98. The number of hydrogen-bond acceptors (Lipinski definition) is 3. The summed E-state index contributed by atoms with van der Waals surface area (Å²) in [6.07, 6.45) is 1.79. The lowest BCUT2D eigenvalue weighted by molar-refractivity contribution is 0.104. The van der Waals surface area contributed by atoms with Crippen LogP contribution in [0.25, 0.3) is 16.8 Å². The molecule has 0 fully saturated rings. The number of rotatable bonds is 6. The molecule has 0 aliphatic heterocycles. The van der Waals surface area contributed by atoms with Gasteiger partial charge in [0, 0.05) is 0 Å². The number of ether oxygens (including phenoxy) is 1. The highest BCUT2D eigenvalue weighted by atomic mass is 19.1. The molecule has 0 atom stereocenters. The molecule has 4 aromatic rings. The Morgan fingerprint density at radius 3 is 2.46 bits per heavy atom. The van der Waals surface area contributed by atoms with Crippen LogP contribution in [0.3, 0.4) is 0 Å². The minimum atomic E-state index is -0.277. The van der Waals surface area contributed by atoms with Crippen LogP contribution in [0.4, 0.5) is 4.39 Å². The molecule has 4 nitrogen and oxygen atoms in total. The molecule has 0 bridgehead atoms. The summed E-state index contributed by atoms with van der Waals surface area (Å²) >= 11 is 0. The highest BCUT2D eigenvalue weighted by molar-refractivity contribution is 5.68. The van der Waals surface area contributed by atoms with Gasteiger partial charge < -0.3 is 4.74 Å². The van der Waals surface area contributed by atoms with Crippen molar-refractivity contribution in [2.75, 3.05) is 0 Å². The molecule has 0 amide bonds. The van der Waals surface area contributed by atoms with Crippen molar-refractivity contribution in [2.24, 2.45) is 0 Å². The SMILES string of the molecule is Cc1c(COCc2cn(-c3ccc(F)cc3)nn2)cccc1-c1ccccc1. The molecule has 3 aromatic carbocycles. The topological polar surface area (TPSA) is 39.9 Å². The van der Waals surface area contributed by atoms with Gasteiger partial charge in [-0.05, 0) is 53.4 Å². The van der Waals surface area contributed by atoms with Crippen LogP contribution in [0, 0.1) is 12.7 Å². The third kappa shape index (κ3) is 4.00. The Morgan fingerprint density at radius 1 is 0.893 bits per heavy atom. The lowest BCUT2D eigenvalue weighted by atomic mass is 9.97. The van der Waals surface area contributed by atoms with Gasteiger partial charge in [0.15, 0.2) is 0 Å². The van der Waals surface area contributed by atoms with E-state index in [1.165, 1.54) is 28.8 Å². The van der Waals surface area contributed by atoms with Crippen molar-refractivity contribution < 1.29 is 9.13 Å². The standard InChI is InChI=1S/C23H20FN3O/c1-17-19(8-5-9-23(17)18-6-3-2-4-7-18)15-28-16-21-14-27(26-25-21)22-12-10-20(24)11-13-22/h2-14H,15-16H2,1H3. The smallest absolute Gasteiger partial charge is 0.123 e. The maximum Gasteiger partial charge on any atom is 0.123 e. The highest BCUT2D eigenvalue weighted by Gasteiger charge is 2.08. The summed E-state index contributed by atoms with van der Waals surface area (Å²) in [6, 6.07) is 22.7. The van der Waals surface area contributed by atoms with E-state index in [2.05, 4.69) is 47.6 Å². The van der Waals surface area contributed by atoms with E-state index in [-0.39, 0.29) is 5.82 Å². The van der Waals surface area contributed by atoms with Crippen LogP contribution in [0.15, 0.2) is 79.0 Å². The molecule has 0 aliphatic carbocycles. The van der Waals surface area contributed by atoms with E-state index in [0.29, 0.717) is 13.2 Å². The maximum atomic E-state index is 13.0. The van der Waals surface area contributed by atoms with E-state index in [0.717, 1.165) is 16.9 Å². The normalized spacial score (nSPS) is 10.9. The molecular weight excluding hydrogens is 353 g/mol. The van der Waals surface area contributed by atoms with Gasteiger partial charge in [-0.15, -0.1) is 5.10 Å². The number of nitrogens with zero attached hydrogens (tertiary/aromatic N) is 3. The summed E-state index contributed by atoms with van der Waals surface area (Å²) < 4.78 is 20.5. The van der Waals surface area contributed by atoms with Crippen molar-refractivity contribution in [1.82, 2.24) is 15.0 Å². The first-order valence-electron chi connectivity index (χ1n) is 9.09. The molecule has 1 aromatic heterocycles. The third-order valence-electron chi connectivity index (χ3n) is 4.67. The molecule has 0 unspecified atom stereocenters. The van der Waals surface area contributed by atoms with E-state index in [1.807, 2.05) is 18.2 Å². The second-order valence-electron chi connectivity index (χ2n) is 6.58. The Balaban J connectivity index is 1.41. The fourth-order valence-electron chi connectivity index (χ4n) is 3.12. The van der Waals surface area contributed by atoms with Gasteiger partial charge in [-0.1, -0.05) is 53.7 Å². The van der Waals surface area contributed by atoms with Crippen LogP contribution in [0.2, 0.25) is 0 Å². The Morgan fingerprint density at radius 2 is 1.68 bits per heavy atom. The van der Waals surface area contributed by atoms with Gasteiger partial charge in [0.05, 0.1) is 25.1 Å². The molecule has 1 heterocycles. The molecule has 0 aliphatic rings. The molecule has 4 rings (SSSR count). The van der Waals surface area contributed by atoms with Gasteiger partial charge in [0.1, 0.15) is 11.5 Å². The Hall–Kier alpha value is -3.31. The first kappa shape index (κ1) is 18.1. The van der Waals surface area contributed by atoms with E-state index >= 15 is 0 Å². The molecule has 140 valence electrons. The molecule has 28 heavy (non-hydrogen) atoms. The van der Waals surface area contributed by atoms with Crippen LogP contribution >= 0.6 is 0 Å². The molecular formula is C23H20FN3O. The second kappa shape index (κ2) is 8.15. The summed E-state index contributed by atoms with van der Waals surface area (Å²) in [5.41, 5.74) is 6.25. The van der Waals surface area contributed by atoms with Crippen molar-refractivity contribution in [2.45, 2.75) is 20.1 Å². The van der Waals surface area contributed by atoms with Gasteiger partial charge >= 0.3 is 0 Å². The summed E-state index contributed by atoms with van der Waals surface area (Å²) in [4.78, 5) is 0. The first-order valence-corrected chi connectivity index (χ1v) is 9.09. The fraction of sp³-hybridized carbons (Fsp3) is 0.130. The summed E-state index contributed by atoms with van der Waals surface area (Å²) in [6.45, 7) is 2.97.